The Balaban J connectivity index is 1.40. The summed E-state index contributed by atoms with van der Waals surface area (Å²) >= 11 is 0. The molecule has 0 bridgehead atoms. The van der Waals surface area contributed by atoms with Crippen molar-refractivity contribution in [2.75, 3.05) is 6.79 Å². The molecule has 140 valence electrons. The van der Waals surface area contributed by atoms with Crippen LogP contribution in [-0.4, -0.2) is 26.4 Å². The van der Waals surface area contributed by atoms with Gasteiger partial charge in [0.1, 0.15) is 0 Å². The number of rotatable bonds is 3. The molecule has 4 heterocycles. The number of hydrogen-bond donors (Lipinski definition) is 0. The molecule has 0 saturated carbocycles. The molecule has 0 unspecified atom stereocenters. The molecule has 0 atom stereocenters. The summed E-state index contributed by atoms with van der Waals surface area (Å²) in [7, 11) is 0. The molecule has 0 amide bonds. The van der Waals surface area contributed by atoms with Crippen LogP contribution in [0.2, 0.25) is 0 Å². The van der Waals surface area contributed by atoms with Gasteiger partial charge in [-0.2, -0.15) is 5.10 Å². The Morgan fingerprint density at radius 1 is 0.897 bits per heavy atom. The van der Waals surface area contributed by atoms with Gasteiger partial charge < -0.3 is 9.47 Å². The summed E-state index contributed by atoms with van der Waals surface area (Å²) < 4.78 is 12.8. The van der Waals surface area contributed by atoms with Crippen molar-refractivity contribution in [1.82, 2.24) is 19.6 Å². The second-order valence-electron chi connectivity index (χ2n) is 7.01. The first-order valence-corrected chi connectivity index (χ1v) is 9.40. The molecule has 6 heteroatoms. The molecule has 2 aromatic carbocycles. The van der Waals surface area contributed by atoms with E-state index in [1.54, 1.807) is 0 Å². The van der Waals surface area contributed by atoms with Crippen LogP contribution in [0.1, 0.15) is 11.3 Å². The lowest BCUT2D eigenvalue weighted by atomic mass is 10.1. The van der Waals surface area contributed by atoms with Crippen LogP contribution in [0.3, 0.4) is 0 Å². The van der Waals surface area contributed by atoms with Crippen LogP contribution in [0, 0.1) is 0 Å². The maximum Gasteiger partial charge on any atom is 0.231 e. The Morgan fingerprint density at radius 3 is 2.86 bits per heavy atom. The zero-order chi connectivity index (χ0) is 19.2. The van der Waals surface area contributed by atoms with Crippen LogP contribution >= 0.6 is 0 Å². The minimum atomic E-state index is 0.263. The lowest BCUT2D eigenvalue weighted by Gasteiger charge is -2.07. The third kappa shape index (κ3) is 2.69. The third-order valence-electron chi connectivity index (χ3n) is 5.21. The lowest BCUT2D eigenvalue weighted by molar-refractivity contribution is 0.174. The van der Waals surface area contributed by atoms with Gasteiger partial charge in [0.15, 0.2) is 17.1 Å². The largest absolute Gasteiger partial charge is 0.454 e. The summed E-state index contributed by atoms with van der Waals surface area (Å²) in [5.74, 6) is 1.53. The molecule has 1 aliphatic heterocycles. The van der Waals surface area contributed by atoms with Crippen molar-refractivity contribution in [2.24, 2.45) is 0 Å². The molecule has 3 aromatic heterocycles. The summed E-state index contributed by atoms with van der Waals surface area (Å²) in [6, 6.07) is 18.3. The molecule has 0 radical (unpaired) electrons. The number of hydrogen-bond acceptors (Lipinski definition) is 5. The smallest absolute Gasteiger partial charge is 0.231 e. The van der Waals surface area contributed by atoms with E-state index in [-0.39, 0.29) is 6.79 Å². The highest BCUT2D eigenvalue weighted by Gasteiger charge is 2.16. The fourth-order valence-corrected chi connectivity index (χ4v) is 3.80. The molecule has 0 spiro atoms. The average molecular weight is 380 g/mol. The van der Waals surface area contributed by atoms with Gasteiger partial charge >= 0.3 is 0 Å². The van der Waals surface area contributed by atoms with Crippen molar-refractivity contribution in [2.45, 2.75) is 6.42 Å². The Bertz CT molecular complexity index is 1380. The maximum absolute atomic E-state index is 5.52. The monoisotopic (exact) mass is 380 g/mol. The first-order chi connectivity index (χ1) is 14.3. The van der Waals surface area contributed by atoms with Gasteiger partial charge in [0.05, 0.1) is 17.4 Å². The summed E-state index contributed by atoms with van der Waals surface area (Å²) in [5.41, 5.74) is 6.08. The Morgan fingerprint density at radius 2 is 1.86 bits per heavy atom. The molecule has 1 aliphatic rings. The van der Waals surface area contributed by atoms with Crippen LogP contribution in [0.25, 0.3) is 27.7 Å². The van der Waals surface area contributed by atoms with E-state index in [0.29, 0.717) is 0 Å². The van der Waals surface area contributed by atoms with Gasteiger partial charge in [0.25, 0.3) is 0 Å². The van der Waals surface area contributed by atoms with Crippen molar-refractivity contribution in [1.29, 1.82) is 0 Å². The molecular weight excluding hydrogens is 364 g/mol. The molecule has 29 heavy (non-hydrogen) atoms. The third-order valence-corrected chi connectivity index (χ3v) is 5.21. The number of imidazole rings is 1. The molecule has 5 aromatic rings. The minimum absolute atomic E-state index is 0.263. The summed E-state index contributed by atoms with van der Waals surface area (Å²) in [6.07, 6.45) is 6.26. The number of aromatic nitrogens is 4. The highest BCUT2D eigenvalue weighted by molar-refractivity contribution is 5.80. The van der Waals surface area contributed by atoms with E-state index in [2.05, 4.69) is 39.3 Å². The number of ether oxygens (including phenoxy) is 2. The highest BCUT2D eigenvalue weighted by atomic mass is 16.7. The van der Waals surface area contributed by atoms with E-state index in [9.17, 15) is 0 Å². The second-order valence-corrected chi connectivity index (χ2v) is 7.01. The van der Waals surface area contributed by atoms with Gasteiger partial charge in [-0.1, -0.05) is 18.2 Å². The first-order valence-electron chi connectivity index (χ1n) is 9.40. The predicted molar refractivity (Wildman–Crippen MR) is 109 cm³/mol. The standard InChI is InChI=1S/C23H16N4O2/c1-2-17-10-15(3-5-20(17)24-8-1)11-18-13-25-23-19(7-9-26-27(18)23)16-4-6-21-22(12-16)29-14-28-21/h1-10,12-13H,11,14H2. The van der Waals surface area contributed by atoms with Gasteiger partial charge in [-0.25, -0.2) is 9.50 Å². The fraction of sp³-hybridized carbons (Fsp3) is 0.0870. The van der Waals surface area contributed by atoms with Crippen molar-refractivity contribution >= 4 is 16.6 Å². The Labute approximate surface area is 166 Å². The van der Waals surface area contributed by atoms with Gasteiger partial charge in [-0.3, -0.25) is 4.98 Å². The van der Waals surface area contributed by atoms with E-state index < -0.39 is 0 Å². The van der Waals surface area contributed by atoms with Crippen LogP contribution in [0.15, 0.2) is 73.2 Å². The minimum Gasteiger partial charge on any atom is -0.454 e. The zero-order valence-corrected chi connectivity index (χ0v) is 15.4. The topological polar surface area (TPSA) is 61.5 Å². The average Bonchev–Trinajstić information content (AvgIpc) is 3.40. The van der Waals surface area contributed by atoms with E-state index in [1.165, 1.54) is 5.56 Å². The van der Waals surface area contributed by atoms with Crippen molar-refractivity contribution in [3.05, 3.63) is 84.4 Å². The molecular formula is C23H16N4O2. The van der Waals surface area contributed by atoms with Gasteiger partial charge in [-0.05, 0) is 47.5 Å². The quantitative estimate of drug-likeness (QED) is 0.468. The zero-order valence-electron chi connectivity index (χ0n) is 15.4. The van der Waals surface area contributed by atoms with Crippen LogP contribution in [0.5, 0.6) is 11.5 Å². The molecule has 0 aliphatic carbocycles. The molecule has 6 nitrogen and oxygen atoms in total. The second kappa shape index (κ2) is 6.31. The Hall–Kier alpha value is -3.93. The maximum atomic E-state index is 5.52. The van der Waals surface area contributed by atoms with Gasteiger partial charge in [-0.15, -0.1) is 0 Å². The first kappa shape index (κ1) is 16.1. The normalized spacial score (nSPS) is 12.7. The summed E-state index contributed by atoms with van der Waals surface area (Å²) in [5, 5.41) is 5.68. The number of benzene rings is 2. The van der Waals surface area contributed by atoms with Crippen LogP contribution < -0.4 is 9.47 Å². The van der Waals surface area contributed by atoms with E-state index in [4.69, 9.17) is 9.47 Å². The van der Waals surface area contributed by atoms with Crippen molar-refractivity contribution in [3.63, 3.8) is 0 Å². The molecule has 0 fully saturated rings. The van der Waals surface area contributed by atoms with Gasteiger partial charge in [0.2, 0.25) is 6.79 Å². The Kier molecular flexibility index (Phi) is 3.49. The van der Waals surface area contributed by atoms with Crippen molar-refractivity contribution < 1.29 is 9.47 Å². The lowest BCUT2D eigenvalue weighted by Crippen LogP contribution is -1.99. The van der Waals surface area contributed by atoms with E-state index >= 15 is 0 Å². The molecule has 6 rings (SSSR count). The van der Waals surface area contributed by atoms with Crippen molar-refractivity contribution in [3.8, 4) is 22.6 Å². The fourth-order valence-electron chi connectivity index (χ4n) is 3.80. The molecule has 0 saturated heterocycles. The predicted octanol–water partition coefficient (Wildman–Crippen LogP) is 4.26. The summed E-state index contributed by atoms with van der Waals surface area (Å²) in [6.45, 7) is 0.263. The van der Waals surface area contributed by atoms with Crippen LogP contribution in [-0.2, 0) is 6.42 Å². The highest BCUT2D eigenvalue weighted by Crippen LogP contribution is 2.36. The number of nitrogens with zero attached hydrogens (tertiary/aromatic N) is 4. The van der Waals surface area contributed by atoms with Gasteiger partial charge in [0, 0.05) is 29.8 Å². The SMILES string of the molecule is c1cnc2ccc(Cc3cnc4c(-c5ccc6c(c5)OCO6)ccnn34)cc2c1. The van der Waals surface area contributed by atoms with E-state index in [0.717, 1.165) is 51.3 Å². The number of pyridine rings is 1. The number of fused-ring (bicyclic) bond motifs is 3. The summed E-state index contributed by atoms with van der Waals surface area (Å²) in [4.78, 5) is 9.05. The van der Waals surface area contributed by atoms with Crippen LogP contribution in [0.4, 0.5) is 0 Å². The van der Waals surface area contributed by atoms with E-state index in [1.807, 2.05) is 53.4 Å². The molecule has 0 N–H and O–H groups in total.